The van der Waals surface area contributed by atoms with Crippen LogP contribution in [0, 0.1) is 0 Å². The maximum Gasteiger partial charge on any atom is 0.372 e. The normalized spacial score (nSPS) is 10.9. The molecule has 15 heteroatoms. The van der Waals surface area contributed by atoms with Crippen LogP contribution in [0.15, 0.2) is 12.2 Å². The summed E-state index contributed by atoms with van der Waals surface area (Å²) in [5.41, 5.74) is 0.357. The van der Waals surface area contributed by atoms with Gasteiger partial charge in [-0.1, -0.05) is 6.58 Å². The average molecular weight is 611 g/mol. The highest BCUT2D eigenvalue weighted by Gasteiger charge is 2.14. The Morgan fingerprint density at radius 1 is 0.476 bits per heavy atom. The molecule has 42 heavy (non-hydrogen) atoms. The van der Waals surface area contributed by atoms with Crippen LogP contribution in [0.4, 0.5) is 0 Å². The first kappa shape index (κ1) is 39.5. The van der Waals surface area contributed by atoms with E-state index in [0.29, 0.717) is 105 Å². The van der Waals surface area contributed by atoms with E-state index in [1.165, 1.54) is 0 Å². The van der Waals surface area contributed by atoms with Crippen LogP contribution in [-0.4, -0.2) is 148 Å². The molecule has 0 fully saturated rings. The molecule has 0 heterocycles. The molecule has 0 aromatic rings. The van der Waals surface area contributed by atoms with Crippen molar-refractivity contribution in [3.63, 3.8) is 0 Å². The third kappa shape index (κ3) is 29.0. The summed E-state index contributed by atoms with van der Waals surface area (Å²) in [6.07, 6.45) is -0.666. The van der Waals surface area contributed by atoms with Gasteiger partial charge in [0, 0.05) is 12.0 Å². The first-order valence-corrected chi connectivity index (χ1v) is 13.7. The number of ether oxygens (including phenoxy) is 10. The van der Waals surface area contributed by atoms with E-state index in [0.717, 1.165) is 0 Å². The summed E-state index contributed by atoms with van der Waals surface area (Å²) < 4.78 is 52.6. The summed E-state index contributed by atoms with van der Waals surface area (Å²) >= 11 is 0. The highest BCUT2D eigenvalue weighted by atomic mass is 16.6. The van der Waals surface area contributed by atoms with E-state index in [4.69, 9.17) is 52.5 Å². The first-order chi connectivity index (χ1) is 20.3. The fourth-order valence-electron chi connectivity index (χ4n) is 2.57. The molecule has 0 bridgehead atoms. The summed E-state index contributed by atoms with van der Waals surface area (Å²) in [5.74, 6) is -3.67. The number of carboxylic acid groups (broad SMARTS) is 1. The molecule has 244 valence electrons. The van der Waals surface area contributed by atoms with Crippen LogP contribution in [0.25, 0.3) is 0 Å². The lowest BCUT2D eigenvalue weighted by Crippen LogP contribution is -2.17. The molecule has 0 saturated carbocycles. The zero-order chi connectivity index (χ0) is 31.1. The number of ketones is 1. The number of esters is 2. The Morgan fingerprint density at radius 3 is 1.05 bits per heavy atom. The van der Waals surface area contributed by atoms with Gasteiger partial charge in [0.25, 0.3) is 0 Å². The van der Waals surface area contributed by atoms with Crippen LogP contribution in [-0.2, 0) is 66.5 Å². The molecule has 1 N–H and O–H groups in total. The van der Waals surface area contributed by atoms with E-state index >= 15 is 0 Å². The predicted octanol–water partition coefficient (Wildman–Crippen LogP) is 0.216. The van der Waals surface area contributed by atoms with Crippen LogP contribution >= 0.6 is 0 Å². The minimum atomic E-state index is -1.57. The molecule has 0 spiro atoms. The highest BCUT2D eigenvalue weighted by Crippen LogP contribution is 1.95. The third-order valence-corrected chi connectivity index (χ3v) is 4.70. The SMILES string of the molecule is C=C(C)C(=O)OCCOCCOCCOCCOCCOCCOCCOCCOCCOC(=O)CCC(=O)C(=O)O. The fourth-order valence-corrected chi connectivity index (χ4v) is 2.57. The van der Waals surface area contributed by atoms with E-state index in [2.05, 4.69) is 6.58 Å². The largest absolute Gasteiger partial charge is 0.476 e. The number of aliphatic carboxylic acids is 1. The van der Waals surface area contributed by atoms with Gasteiger partial charge in [-0.3, -0.25) is 9.59 Å². The van der Waals surface area contributed by atoms with Crippen LogP contribution in [0.2, 0.25) is 0 Å². The summed E-state index contributed by atoms with van der Waals surface area (Å²) in [6, 6.07) is 0. The summed E-state index contributed by atoms with van der Waals surface area (Å²) in [7, 11) is 0. The standard InChI is InChI=1S/C27H46O15/c1-23(2)27(32)42-22-20-40-18-16-38-14-12-36-10-8-34-6-5-33-7-9-35-11-13-37-15-17-39-19-21-41-25(29)4-3-24(28)26(30)31/h1,3-22H2,2H3,(H,30,31). The Morgan fingerprint density at radius 2 is 0.762 bits per heavy atom. The molecule has 0 aromatic carbocycles. The third-order valence-electron chi connectivity index (χ3n) is 4.70. The molecule has 0 aliphatic carbocycles. The van der Waals surface area contributed by atoms with Crippen molar-refractivity contribution in [1.82, 2.24) is 0 Å². The summed E-state index contributed by atoms with van der Waals surface area (Å²) in [5, 5.41) is 8.42. The number of hydrogen-bond donors (Lipinski definition) is 1. The van der Waals surface area contributed by atoms with Gasteiger partial charge >= 0.3 is 17.9 Å². The number of Topliss-reactive ketones (excluding diaryl/α,β-unsaturated/α-hetero) is 1. The molecular weight excluding hydrogens is 564 g/mol. The quantitative estimate of drug-likeness (QED) is 0.0472. The molecule has 0 atom stereocenters. The van der Waals surface area contributed by atoms with E-state index in [-0.39, 0.29) is 32.7 Å². The lowest BCUT2D eigenvalue weighted by Gasteiger charge is -2.09. The Bertz CT molecular complexity index is 728. The summed E-state index contributed by atoms with van der Waals surface area (Å²) in [6.45, 7) is 11.6. The molecule has 0 aliphatic heterocycles. The van der Waals surface area contributed by atoms with Crippen LogP contribution in [0.5, 0.6) is 0 Å². The van der Waals surface area contributed by atoms with Gasteiger partial charge < -0.3 is 52.5 Å². The van der Waals surface area contributed by atoms with Crippen molar-refractivity contribution in [3.05, 3.63) is 12.2 Å². The van der Waals surface area contributed by atoms with Gasteiger partial charge in [-0.25, -0.2) is 9.59 Å². The van der Waals surface area contributed by atoms with Crippen molar-refractivity contribution in [2.24, 2.45) is 0 Å². The number of carbonyl (C=O) groups excluding carboxylic acids is 3. The molecule has 0 aliphatic rings. The lowest BCUT2D eigenvalue weighted by molar-refractivity contribution is -0.151. The van der Waals surface area contributed by atoms with Crippen LogP contribution in [0.1, 0.15) is 19.8 Å². The van der Waals surface area contributed by atoms with E-state index in [1.807, 2.05) is 0 Å². The van der Waals surface area contributed by atoms with E-state index in [1.54, 1.807) is 6.92 Å². The molecule has 0 aromatic heterocycles. The van der Waals surface area contributed by atoms with Crippen LogP contribution < -0.4 is 0 Å². The second kappa shape index (κ2) is 30.0. The fraction of sp³-hybridized carbons (Fsp3) is 0.778. The number of carbonyl (C=O) groups is 4. The topological polar surface area (TPSA) is 181 Å². The molecule has 0 rings (SSSR count). The van der Waals surface area contributed by atoms with Gasteiger partial charge in [0.05, 0.1) is 112 Å². The highest BCUT2D eigenvalue weighted by molar-refractivity contribution is 6.32. The van der Waals surface area contributed by atoms with Crippen molar-refractivity contribution < 1.29 is 71.7 Å². The second-order valence-corrected chi connectivity index (χ2v) is 8.26. The monoisotopic (exact) mass is 610 g/mol. The molecule has 0 unspecified atom stereocenters. The average Bonchev–Trinajstić information content (AvgIpc) is 2.96. The Balaban J connectivity index is 3.16. The molecule has 0 radical (unpaired) electrons. The van der Waals surface area contributed by atoms with Gasteiger partial charge in [-0.15, -0.1) is 0 Å². The Hall–Kier alpha value is -2.50. The van der Waals surface area contributed by atoms with Gasteiger partial charge in [-0.05, 0) is 6.92 Å². The number of hydrogen-bond acceptors (Lipinski definition) is 14. The van der Waals surface area contributed by atoms with Crippen molar-refractivity contribution in [2.45, 2.75) is 19.8 Å². The van der Waals surface area contributed by atoms with Crippen molar-refractivity contribution in [1.29, 1.82) is 0 Å². The molecule has 15 nitrogen and oxygen atoms in total. The molecule has 0 amide bonds. The van der Waals surface area contributed by atoms with Gasteiger partial charge in [-0.2, -0.15) is 0 Å². The Kier molecular flexibility index (Phi) is 28.2. The Labute approximate surface area is 246 Å². The van der Waals surface area contributed by atoms with Crippen molar-refractivity contribution >= 4 is 23.7 Å². The maximum absolute atomic E-state index is 11.3. The van der Waals surface area contributed by atoms with Gasteiger partial charge in [0.15, 0.2) is 0 Å². The van der Waals surface area contributed by atoms with Crippen LogP contribution in [0.3, 0.4) is 0 Å². The van der Waals surface area contributed by atoms with Crippen molar-refractivity contribution in [2.75, 3.05) is 119 Å². The van der Waals surface area contributed by atoms with E-state index < -0.39 is 23.7 Å². The second-order valence-electron chi connectivity index (χ2n) is 8.26. The zero-order valence-corrected chi connectivity index (χ0v) is 24.5. The number of rotatable bonds is 32. The van der Waals surface area contributed by atoms with Gasteiger partial charge in [0.2, 0.25) is 5.78 Å². The molecular formula is C27H46O15. The van der Waals surface area contributed by atoms with Gasteiger partial charge in [0.1, 0.15) is 13.2 Å². The molecule has 0 saturated heterocycles. The predicted molar refractivity (Wildman–Crippen MR) is 145 cm³/mol. The maximum atomic E-state index is 11.3. The smallest absolute Gasteiger partial charge is 0.372 e. The minimum absolute atomic E-state index is 0.00986. The van der Waals surface area contributed by atoms with Crippen molar-refractivity contribution in [3.8, 4) is 0 Å². The zero-order valence-electron chi connectivity index (χ0n) is 24.5. The summed E-state index contributed by atoms with van der Waals surface area (Å²) in [4.78, 5) is 43.7. The lowest BCUT2D eigenvalue weighted by atomic mass is 10.2. The minimum Gasteiger partial charge on any atom is -0.476 e. The van der Waals surface area contributed by atoms with E-state index in [9.17, 15) is 19.2 Å². The first-order valence-electron chi connectivity index (χ1n) is 13.7. The number of carboxylic acids is 1.